The van der Waals surface area contributed by atoms with Gasteiger partial charge in [-0.25, -0.2) is 9.78 Å². The number of rotatable bonds is 3. The standard InChI is InChI=1S/C14H21N3O3/c1-9(2)10-4-3-6-17(7-5-10)13(18)11-12(14(19)20)16-8-15-11/h8-10H,3-7H2,1-2H3,(H,15,16)(H,19,20). The monoisotopic (exact) mass is 279 g/mol. The lowest BCUT2D eigenvalue weighted by Gasteiger charge is -2.21. The summed E-state index contributed by atoms with van der Waals surface area (Å²) in [4.78, 5) is 31.5. The maximum atomic E-state index is 12.4. The van der Waals surface area contributed by atoms with Gasteiger partial charge in [-0.15, -0.1) is 0 Å². The summed E-state index contributed by atoms with van der Waals surface area (Å²) in [5.41, 5.74) is -0.111. The lowest BCUT2D eigenvalue weighted by Crippen LogP contribution is -2.33. The number of likely N-dealkylation sites (tertiary alicyclic amines) is 1. The van der Waals surface area contributed by atoms with Crippen LogP contribution < -0.4 is 0 Å². The van der Waals surface area contributed by atoms with E-state index in [1.165, 1.54) is 6.33 Å². The molecular formula is C14H21N3O3. The Morgan fingerprint density at radius 1 is 1.40 bits per heavy atom. The molecule has 110 valence electrons. The molecule has 2 heterocycles. The lowest BCUT2D eigenvalue weighted by molar-refractivity contribution is 0.0669. The molecular weight excluding hydrogens is 258 g/mol. The topological polar surface area (TPSA) is 86.3 Å². The molecule has 1 unspecified atom stereocenters. The third kappa shape index (κ3) is 3.00. The zero-order valence-corrected chi connectivity index (χ0v) is 11.9. The summed E-state index contributed by atoms with van der Waals surface area (Å²) in [6.45, 7) is 5.76. The predicted octanol–water partition coefficient (Wildman–Crippen LogP) is 2.01. The maximum absolute atomic E-state index is 12.4. The van der Waals surface area contributed by atoms with E-state index in [1.54, 1.807) is 4.90 Å². The second-order valence-electron chi connectivity index (χ2n) is 5.66. The average molecular weight is 279 g/mol. The van der Waals surface area contributed by atoms with Gasteiger partial charge < -0.3 is 15.0 Å². The largest absolute Gasteiger partial charge is 0.477 e. The molecule has 6 nitrogen and oxygen atoms in total. The molecule has 0 saturated carbocycles. The fourth-order valence-electron chi connectivity index (χ4n) is 2.76. The van der Waals surface area contributed by atoms with Gasteiger partial charge >= 0.3 is 5.97 Å². The number of carbonyl (C=O) groups excluding carboxylic acids is 1. The van der Waals surface area contributed by atoms with Crippen molar-refractivity contribution >= 4 is 11.9 Å². The Labute approximate surface area is 118 Å². The van der Waals surface area contributed by atoms with Crippen molar-refractivity contribution in [3.05, 3.63) is 17.7 Å². The lowest BCUT2D eigenvalue weighted by atomic mass is 9.89. The Bertz CT molecular complexity index is 496. The van der Waals surface area contributed by atoms with Crippen LogP contribution in [0.2, 0.25) is 0 Å². The Morgan fingerprint density at radius 3 is 2.80 bits per heavy atom. The predicted molar refractivity (Wildman–Crippen MR) is 73.6 cm³/mol. The number of carboxylic acids is 1. The molecule has 1 fully saturated rings. The number of nitrogens with one attached hydrogen (secondary N) is 1. The third-order valence-corrected chi connectivity index (χ3v) is 4.06. The zero-order valence-electron chi connectivity index (χ0n) is 11.9. The average Bonchev–Trinajstić information content (AvgIpc) is 2.75. The molecule has 0 aliphatic carbocycles. The van der Waals surface area contributed by atoms with Crippen LogP contribution in [0.1, 0.15) is 54.1 Å². The molecule has 1 atom stereocenters. The number of hydrogen-bond acceptors (Lipinski definition) is 3. The van der Waals surface area contributed by atoms with Crippen molar-refractivity contribution in [2.45, 2.75) is 33.1 Å². The molecule has 1 aromatic heterocycles. The smallest absolute Gasteiger partial charge is 0.354 e. The third-order valence-electron chi connectivity index (χ3n) is 4.06. The summed E-state index contributed by atoms with van der Waals surface area (Å²) in [5, 5.41) is 9.03. The molecule has 0 aromatic carbocycles. The highest BCUT2D eigenvalue weighted by molar-refractivity contribution is 6.02. The number of hydrogen-bond donors (Lipinski definition) is 2. The highest BCUT2D eigenvalue weighted by Crippen LogP contribution is 2.25. The minimum atomic E-state index is -1.15. The normalized spacial score (nSPS) is 19.9. The SMILES string of the molecule is CC(C)C1CCCN(C(=O)c2nc[nH]c2C(=O)O)CC1. The van der Waals surface area contributed by atoms with Gasteiger partial charge in [-0.3, -0.25) is 4.79 Å². The fourth-order valence-corrected chi connectivity index (χ4v) is 2.76. The van der Waals surface area contributed by atoms with Crippen LogP contribution in [0.4, 0.5) is 0 Å². The van der Waals surface area contributed by atoms with Gasteiger partial charge in [-0.2, -0.15) is 0 Å². The van der Waals surface area contributed by atoms with Gasteiger partial charge in [-0.1, -0.05) is 13.8 Å². The van der Waals surface area contributed by atoms with Crippen molar-refractivity contribution in [1.82, 2.24) is 14.9 Å². The van der Waals surface area contributed by atoms with Crippen molar-refractivity contribution < 1.29 is 14.7 Å². The molecule has 1 amide bonds. The molecule has 1 saturated heterocycles. The van der Waals surface area contributed by atoms with E-state index < -0.39 is 5.97 Å². The summed E-state index contributed by atoms with van der Waals surface area (Å²) >= 11 is 0. The van der Waals surface area contributed by atoms with E-state index in [-0.39, 0.29) is 17.3 Å². The van der Waals surface area contributed by atoms with Gasteiger partial charge in [0.2, 0.25) is 0 Å². The molecule has 0 bridgehead atoms. The molecule has 2 rings (SSSR count). The molecule has 1 aromatic rings. The Morgan fingerprint density at radius 2 is 2.15 bits per heavy atom. The molecule has 0 radical (unpaired) electrons. The first-order valence-electron chi connectivity index (χ1n) is 7.06. The molecule has 2 N–H and O–H groups in total. The summed E-state index contributed by atoms with van der Waals surface area (Å²) in [7, 11) is 0. The number of aromatic amines is 1. The van der Waals surface area contributed by atoms with E-state index in [0.717, 1.165) is 19.3 Å². The highest BCUT2D eigenvalue weighted by atomic mass is 16.4. The number of aromatic nitrogens is 2. The van der Waals surface area contributed by atoms with Crippen molar-refractivity contribution in [1.29, 1.82) is 0 Å². The highest BCUT2D eigenvalue weighted by Gasteiger charge is 2.27. The first-order chi connectivity index (χ1) is 9.50. The van der Waals surface area contributed by atoms with Crippen molar-refractivity contribution in [3.63, 3.8) is 0 Å². The van der Waals surface area contributed by atoms with Gasteiger partial charge in [0.05, 0.1) is 6.33 Å². The number of aromatic carboxylic acids is 1. The quantitative estimate of drug-likeness (QED) is 0.886. The number of carboxylic acid groups (broad SMARTS) is 1. The maximum Gasteiger partial charge on any atom is 0.354 e. The summed E-state index contributed by atoms with van der Waals surface area (Å²) < 4.78 is 0. The van der Waals surface area contributed by atoms with Gasteiger partial charge in [0.25, 0.3) is 5.91 Å². The van der Waals surface area contributed by atoms with Crippen LogP contribution in [0.25, 0.3) is 0 Å². The van der Waals surface area contributed by atoms with E-state index in [1.807, 2.05) is 0 Å². The van der Waals surface area contributed by atoms with Crippen LogP contribution in [0.5, 0.6) is 0 Å². The molecule has 0 spiro atoms. The minimum Gasteiger partial charge on any atom is -0.477 e. The summed E-state index contributed by atoms with van der Waals surface area (Å²) in [6.07, 6.45) is 4.30. The van der Waals surface area contributed by atoms with Crippen LogP contribution in [0.3, 0.4) is 0 Å². The minimum absolute atomic E-state index is 0.0143. The fraction of sp³-hybridized carbons (Fsp3) is 0.643. The summed E-state index contributed by atoms with van der Waals surface area (Å²) in [6, 6.07) is 0. The Balaban J connectivity index is 2.09. The second-order valence-corrected chi connectivity index (χ2v) is 5.66. The van der Waals surface area contributed by atoms with E-state index in [0.29, 0.717) is 24.9 Å². The van der Waals surface area contributed by atoms with Gasteiger partial charge in [-0.05, 0) is 31.1 Å². The van der Waals surface area contributed by atoms with E-state index in [4.69, 9.17) is 5.11 Å². The van der Waals surface area contributed by atoms with E-state index in [9.17, 15) is 9.59 Å². The van der Waals surface area contributed by atoms with Gasteiger partial charge in [0, 0.05) is 13.1 Å². The first kappa shape index (κ1) is 14.6. The van der Waals surface area contributed by atoms with Crippen molar-refractivity contribution in [2.24, 2.45) is 11.8 Å². The Kier molecular flexibility index (Phi) is 4.42. The molecule has 20 heavy (non-hydrogen) atoms. The van der Waals surface area contributed by atoms with E-state index in [2.05, 4.69) is 23.8 Å². The van der Waals surface area contributed by atoms with Gasteiger partial charge in [0.1, 0.15) is 0 Å². The van der Waals surface area contributed by atoms with Crippen LogP contribution in [-0.4, -0.2) is 44.9 Å². The first-order valence-corrected chi connectivity index (χ1v) is 7.06. The van der Waals surface area contributed by atoms with Gasteiger partial charge in [0.15, 0.2) is 11.4 Å². The van der Waals surface area contributed by atoms with Crippen molar-refractivity contribution in [2.75, 3.05) is 13.1 Å². The van der Waals surface area contributed by atoms with Crippen LogP contribution >= 0.6 is 0 Å². The number of carbonyl (C=O) groups is 2. The van der Waals surface area contributed by atoms with Crippen LogP contribution in [0.15, 0.2) is 6.33 Å². The summed E-state index contributed by atoms with van der Waals surface area (Å²) in [5.74, 6) is -0.190. The molecule has 6 heteroatoms. The molecule has 1 aliphatic heterocycles. The number of amides is 1. The van der Waals surface area contributed by atoms with Crippen LogP contribution in [-0.2, 0) is 0 Å². The van der Waals surface area contributed by atoms with E-state index >= 15 is 0 Å². The number of nitrogens with zero attached hydrogens (tertiary/aromatic N) is 2. The number of H-pyrrole nitrogens is 1. The molecule has 1 aliphatic rings. The Hall–Kier alpha value is -1.85. The van der Waals surface area contributed by atoms with Crippen molar-refractivity contribution in [3.8, 4) is 0 Å². The number of imidazole rings is 1. The van der Waals surface area contributed by atoms with Crippen LogP contribution in [0, 0.1) is 11.8 Å². The second kappa shape index (κ2) is 6.07. The zero-order chi connectivity index (χ0) is 14.7.